The minimum absolute atomic E-state index is 0.206. The molecule has 0 heterocycles. The molecule has 0 radical (unpaired) electrons. The third-order valence-corrected chi connectivity index (χ3v) is 8.48. The average Bonchev–Trinajstić information content (AvgIpc) is 2.68. The predicted octanol–water partition coefficient (Wildman–Crippen LogP) is 3.07. The maximum absolute atomic E-state index is 12.4. The van der Waals surface area contributed by atoms with Crippen LogP contribution >= 0.6 is 0 Å². The van der Waals surface area contributed by atoms with Gasteiger partial charge in [0.1, 0.15) is 6.54 Å². The van der Waals surface area contributed by atoms with Gasteiger partial charge in [-0.1, -0.05) is 12.1 Å². The SMILES string of the molecule is COCCCNC(=O)CN(c1ccc(C23CC4CC(CC(C4)C2)C3)cc1)S(C)(=O)=O. The quantitative estimate of drug-likeness (QED) is 0.606. The summed E-state index contributed by atoms with van der Waals surface area (Å²) in [5.74, 6) is 2.29. The molecule has 1 aromatic carbocycles. The Bertz CT molecular complexity index is 830. The molecule has 4 fully saturated rings. The van der Waals surface area contributed by atoms with Gasteiger partial charge in [-0.3, -0.25) is 9.10 Å². The minimum Gasteiger partial charge on any atom is -0.385 e. The van der Waals surface area contributed by atoms with Crippen LogP contribution in [0.1, 0.15) is 50.5 Å². The van der Waals surface area contributed by atoms with E-state index in [1.807, 2.05) is 12.1 Å². The van der Waals surface area contributed by atoms with E-state index >= 15 is 0 Å². The van der Waals surface area contributed by atoms with Gasteiger partial charge in [-0.2, -0.15) is 0 Å². The number of amides is 1. The third kappa shape index (κ3) is 4.52. The smallest absolute Gasteiger partial charge is 0.240 e. The lowest BCUT2D eigenvalue weighted by atomic mass is 9.48. The van der Waals surface area contributed by atoms with Crippen LogP contribution in [-0.2, 0) is 25.0 Å². The van der Waals surface area contributed by atoms with Crippen molar-refractivity contribution in [3.05, 3.63) is 29.8 Å². The first-order valence-corrected chi connectivity index (χ1v) is 13.0. The first-order valence-electron chi connectivity index (χ1n) is 11.1. The Morgan fingerprint density at radius 1 is 1.10 bits per heavy atom. The summed E-state index contributed by atoms with van der Waals surface area (Å²) in [4.78, 5) is 12.3. The van der Waals surface area contributed by atoms with E-state index in [0.717, 1.165) is 24.0 Å². The minimum atomic E-state index is -3.56. The van der Waals surface area contributed by atoms with E-state index in [2.05, 4.69) is 17.4 Å². The van der Waals surface area contributed by atoms with Crippen LogP contribution in [0.2, 0.25) is 0 Å². The lowest BCUT2D eigenvalue weighted by Crippen LogP contribution is -2.48. The van der Waals surface area contributed by atoms with Gasteiger partial charge in [-0.15, -0.1) is 0 Å². The topological polar surface area (TPSA) is 75.7 Å². The van der Waals surface area contributed by atoms with Crippen LogP contribution in [0.4, 0.5) is 5.69 Å². The third-order valence-electron chi connectivity index (χ3n) is 7.34. The number of hydrogen-bond donors (Lipinski definition) is 1. The second-order valence-electron chi connectivity index (χ2n) is 9.71. The van der Waals surface area contributed by atoms with Gasteiger partial charge in [0.25, 0.3) is 0 Å². The van der Waals surface area contributed by atoms with Crippen LogP contribution in [0.25, 0.3) is 0 Å². The Balaban J connectivity index is 1.47. The molecule has 6 nitrogen and oxygen atoms in total. The van der Waals surface area contributed by atoms with E-state index in [4.69, 9.17) is 4.74 Å². The van der Waals surface area contributed by atoms with Crippen molar-refractivity contribution >= 4 is 21.6 Å². The normalized spacial score (nSPS) is 29.7. The molecule has 4 bridgehead atoms. The van der Waals surface area contributed by atoms with Crippen molar-refractivity contribution in [2.75, 3.05) is 37.4 Å². The molecule has 7 heteroatoms. The van der Waals surface area contributed by atoms with Gasteiger partial charge in [0.05, 0.1) is 11.9 Å². The van der Waals surface area contributed by atoms with Crippen LogP contribution < -0.4 is 9.62 Å². The number of carbonyl (C=O) groups is 1. The number of nitrogens with one attached hydrogen (secondary N) is 1. The van der Waals surface area contributed by atoms with Gasteiger partial charge in [-0.25, -0.2) is 8.42 Å². The zero-order valence-electron chi connectivity index (χ0n) is 18.1. The van der Waals surface area contributed by atoms with Crippen LogP contribution in [0, 0.1) is 17.8 Å². The number of anilines is 1. The van der Waals surface area contributed by atoms with Gasteiger partial charge in [-0.05, 0) is 85.8 Å². The Hall–Kier alpha value is -1.60. The van der Waals surface area contributed by atoms with Gasteiger partial charge in [0.2, 0.25) is 15.9 Å². The van der Waals surface area contributed by atoms with Crippen molar-refractivity contribution in [1.82, 2.24) is 5.32 Å². The molecule has 0 aromatic heterocycles. The molecular weight excluding hydrogens is 400 g/mol. The fourth-order valence-corrected chi connectivity index (χ4v) is 7.33. The molecule has 0 saturated heterocycles. The van der Waals surface area contributed by atoms with Gasteiger partial charge < -0.3 is 10.1 Å². The van der Waals surface area contributed by atoms with Crippen molar-refractivity contribution in [3.8, 4) is 0 Å². The Morgan fingerprint density at radius 3 is 2.17 bits per heavy atom. The van der Waals surface area contributed by atoms with E-state index in [-0.39, 0.29) is 17.9 Å². The van der Waals surface area contributed by atoms with Crippen LogP contribution in [0.15, 0.2) is 24.3 Å². The zero-order chi connectivity index (χ0) is 21.4. The van der Waals surface area contributed by atoms with Crippen molar-refractivity contribution < 1.29 is 17.9 Å². The standard InChI is InChI=1S/C23H34N2O4S/c1-29-9-3-8-24-22(26)16-25(30(2,27)28)21-6-4-20(5-7-21)23-13-17-10-18(14-23)12-19(11-17)15-23/h4-7,17-19H,3,8-16H2,1-2H3,(H,24,26). The average molecular weight is 435 g/mol. The first-order chi connectivity index (χ1) is 14.3. The molecule has 0 atom stereocenters. The summed E-state index contributed by atoms with van der Waals surface area (Å²) in [6, 6.07) is 7.98. The first kappa shape index (κ1) is 21.6. The van der Waals surface area contributed by atoms with E-state index in [1.165, 1.54) is 48.4 Å². The highest BCUT2D eigenvalue weighted by Crippen LogP contribution is 2.60. The fraction of sp³-hybridized carbons (Fsp3) is 0.696. The van der Waals surface area contributed by atoms with Crippen molar-refractivity contribution in [2.24, 2.45) is 17.8 Å². The second kappa shape index (κ2) is 8.50. The molecule has 1 N–H and O–H groups in total. The number of hydrogen-bond acceptors (Lipinski definition) is 4. The summed E-state index contributed by atoms with van der Waals surface area (Å²) in [5, 5.41) is 2.77. The molecule has 1 amide bonds. The lowest BCUT2D eigenvalue weighted by molar-refractivity contribution is -0.119. The number of methoxy groups -OCH3 is 1. The van der Waals surface area contributed by atoms with Crippen molar-refractivity contribution in [2.45, 2.75) is 50.4 Å². The number of ether oxygens (including phenoxy) is 1. The molecule has 0 spiro atoms. The van der Waals surface area contributed by atoms with Crippen molar-refractivity contribution in [3.63, 3.8) is 0 Å². The zero-order valence-corrected chi connectivity index (χ0v) is 18.9. The highest BCUT2D eigenvalue weighted by Gasteiger charge is 2.51. The number of rotatable bonds is 9. The number of sulfonamides is 1. The largest absolute Gasteiger partial charge is 0.385 e. The summed E-state index contributed by atoms with van der Waals surface area (Å²) in [6.07, 6.45) is 9.88. The molecule has 5 rings (SSSR count). The highest BCUT2D eigenvalue weighted by molar-refractivity contribution is 7.92. The van der Waals surface area contributed by atoms with Crippen molar-refractivity contribution in [1.29, 1.82) is 0 Å². The van der Waals surface area contributed by atoms with E-state index < -0.39 is 10.0 Å². The van der Waals surface area contributed by atoms with Gasteiger partial charge >= 0.3 is 0 Å². The van der Waals surface area contributed by atoms with Gasteiger partial charge in [0.15, 0.2) is 0 Å². The maximum Gasteiger partial charge on any atom is 0.240 e. The number of benzene rings is 1. The monoisotopic (exact) mass is 434 g/mol. The molecule has 0 aliphatic heterocycles. The highest BCUT2D eigenvalue weighted by atomic mass is 32.2. The number of nitrogens with zero attached hydrogens (tertiary/aromatic N) is 1. The second-order valence-corrected chi connectivity index (χ2v) is 11.6. The molecule has 4 aliphatic carbocycles. The van der Waals surface area contributed by atoms with E-state index in [0.29, 0.717) is 25.3 Å². The molecule has 166 valence electrons. The fourth-order valence-electron chi connectivity index (χ4n) is 6.48. The van der Waals surface area contributed by atoms with Gasteiger partial charge in [0, 0.05) is 20.3 Å². The number of carbonyl (C=O) groups excluding carboxylic acids is 1. The Labute approximate surface area is 180 Å². The molecular formula is C23H34N2O4S. The lowest BCUT2D eigenvalue weighted by Gasteiger charge is -2.57. The molecule has 30 heavy (non-hydrogen) atoms. The van der Waals surface area contributed by atoms with E-state index in [9.17, 15) is 13.2 Å². The molecule has 1 aromatic rings. The summed E-state index contributed by atoms with van der Waals surface area (Å²) in [5.41, 5.74) is 2.18. The Kier molecular flexibility index (Phi) is 6.13. The molecule has 4 aliphatic rings. The summed E-state index contributed by atoms with van der Waals surface area (Å²) in [7, 11) is -1.95. The van der Waals surface area contributed by atoms with Crippen LogP contribution in [0.3, 0.4) is 0 Å². The summed E-state index contributed by atoms with van der Waals surface area (Å²) < 4.78 is 30.9. The maximum atomic E-state index is 12.4. The molecule has 0 unspecified atom stereocenters. The van der Waals surface area contributed by atoms with Crippen LogP contribution in [0.5, 0.6) is 0 Å². The summed E-state index contributed by atoms with van der Waals surface area (Å²) >= 11 is 0. The summed E-state index contributed by atoms with van der Waals surface area (Å²) in [6.45, 7) is 0.819. The van der Waals surface area contributed by atoms with E-state index in [1.54, 1.807) is 7.11 Å². The van der Waals surface area contributed by atoms with Crippen LogP contribution in [-0.4, -0.2) is 47.4 Å². The Morgan fingerprint density at radius 2 is 1.67 bits per heavy atom. The molecule has 4 saturated carbocycles. The predicted molar refractivity (Wildman–Crippen MR) is 118 cm³/mol.